The summed E-state index contributed by atoms with van der Waals surface area (Å²) in [5.41, 5.74) is 1.32. The molecule has 0 atom stereocenters. The molecule has 7 heteroatoms. The van der Waals surface area contributed by atoms with Crippen LogP contribution in [0.3, 0.4) is 0 Å². The average Bonchev–Trinajstić information content (AvgIpc) is 2.54. The highest BCUT2D eigenvalue weighted by Crippen LogP contribution is 2.22. The predicted molar refractivity (Wildman–Crippen MR) is 96.6 cm³/mol. The van der Waals surface area contributed by atoms with Gasteiger partial charge in [0.25, 0.3) is 5.91 Å². The van der Waals surface area contributed by atoms with Crippen molar-refractivity contribution < 1.29 is 13.2 Å². The standard InChI is InChI=1S/C17H19ClN2O3S/c1-20(14-6-4-3-5-7-14)11-10-19-17(21)13-8-9-15(18)16(12-13)24(2,22)23/h3-9,12H,10-11H2,1-2H3,(H,19,21). The molecule has 1 N–H and O–H groups in total. The van der Waals surface area contributed by atoms with E-state index in [4.69, 9.17) is 11.6 Å². The van der Waals surface area contributed by atoms with E-state index in [1.54, 1.807) is 0 Å². The highest BCUT2D eigenvalue weighted by atomic mass is 35.5. The predicted octanol–water partition coefficient (Wildman–Crippen LogP) is 2.61. The van der Waals surface area contributed by atoms with Gasteiger partial charge in [0.05, 0.1) is 9.92 Å². The Kier molecular flexibility index (Phi) is 5.85. The van der Waals surface area contributed by atoms with Gasteiger partial charge in [-0.15, -0.1) is 0 Å². The summed E-state index contributed by atoms with van der Waals surface area (Å²) in [7, 11) is -1.54. The monoisotopic (exact) mass is 366 g/mol. The third-order valence-corrected chi connectivity index (χ3v) is 5.10. The zero-order valence-corrected chi connectivity index (χ0v) is 15.1. The molecule has 0 aromatic heterocycles. The van der Waals surface area contributed by atoms with Gasteiger partial charge < -0.3 is 10.2 Å². The van der Waals surface area contributed by atoms with Crippen molar-refractivity contribution in [1.29, 1.82) is 0 Å². The first-order valence-corrected chi connectivity index (χ1v) is 9.60. The van der Waals surface area contributed by atoms with Gasteiger partial charge in [-0.1, -0.05) is 29.8 Å². The normalized spacial score (nSPS) is 11.1. The van der Waals surface area contributed by atoms with E-state index >= 15 is 0 Å². The molecule has 128 valence electrons. The number of hydrogen-bond acceptors (Lipinski definition) is 4. The second-order valence-electron chi connectivity index (χ2n) is 5.43. The number of sulfone groups is 1. The molecular formula is C17H19ClN2O3S. The van der Waals surface area contributed by atoms with Gasteiger partial charge in [-0.2, -0.15) is 0 Å². The number of hydrogen-bond donors (Lipinski definition) is 1. The second-order valence-corrected chi connectivity index (χ2v) is 7.82. The number of rotatable bonds is 6. The molecule has 0 heterocycles. The molecule has 0 fully saturated rings. The largest absolute Gasteiger partial charge is 0.373 e. The molecule has 0 saturated heterocycles. The fraction of sp³-hybridized carbons (Fsp3) is 0.235. The van der Waals surface area contributed by atoms with Gasteiger partial charge in [-0.3, -0.25) is 4.79 Å². The molecule has 2 rings (SSSR count). The zero-order chi connectivity index (χ0) is 17.7. The van der Waals surface area contributed by atoms with Gasteiger partial charge in [0.2, 0.25) is 0 Å². The van der Waals surface area contributed by atoms with E-state index in [0.717, 1.165) is 11.9 Å². The van der Waals surface area contributed by atoms with E-state index in [-0.39, 0.29) is 21.4 Å². The summed E-state index contributed by atoms with van der Waals surface area (Å²) in [5, 5.41) is 2.89. The van der Waals surface area contributed by atoms with Crippen LogP contribution in [0.5, 0.6) is 0 Å². The molecule has 0 saturated carbocycles. The Morgan fingerprint density at radius 2 is 1.83 bits per heavy atom. The lowest BCUT2D eigenvalue weighted by atomic mass is 10.2. The number of carbonyl (C=O) groups excluding carboxylic acids is 1. The molecule has 0 radical (unpaired) electrons. The highest BCUT2D eigenvalue weighted by molar-refractivity contribution is 7.90. The quantitative estimate of drug-likeness (QED) is 0.853. The SMILES string of the molecule is CN(CCNC(=O)c1ccc(Cl)c(S(C)(=O)=O)c1)c1ccccc1. The van der Waals surface area contributed by atoms with Crippen molar-refractivity contribution in [3.05, 3.63) is 59.1 Å². The van der Waals surface area contributed by atoms with Crippen LogP contribution in [0, 0.1) is 0 Å². The van der Waals surface area contributed by atoms with Crippen molar-refractivity contribution in [3.63, 3.8) is 0 Å². The molecule has 0 unspecified atom stereocenters. The lowest BCUT2D eigenvalue weighted by Crippen LogP contribution is -2.33. The minimum absolute atomic E-state index is 0.0433. The fourth-order valence-electron chi connectivity index (χ4n) is 2.18. The van der Waals surface area contributed by atoms with Crippen LogP contribution in [0.15, 0.2) is 53.4 Å². The lowest BCUT2D eigenvalue weighted by molar-refractivity contribution is 0.0954. The Morgan fingerprint density at radius 3 is 2.46 bits per heavy atom. The van der Waals surface area contributed by atoms with Crippen LogP contribution in [0.2, 0.25) is 5.02 Å². The van der Waals surface area contributed by atoms with Gasteiger partial charge in [0.15, 0.2) is 9.84 Å². The minimum atomic E-state index is -3.48. The van der Waals surface area contributed by atoms with Gasteiger partial charge in [0, 0.05) is 37.6 Å². The molecule has 0 aliphatic rings. The van der Waals surface area contributed by atoms with Gasteiger partial charge >= 0.3 is 0 Å². The van der Waals surface area contributed by atoms with E-state index in [1.807, 2.05) is 42.3 Å². The van der Waals surface area contributed by atoms with Crippen molar-refractivity contribution in [3.8, 4) is 0 Å². The Hall–Kier alpha value is -2.05. The maximum Gasteiger partial charge on any atom is 0.251 e. The second kappa shape index (κ2) is 7.68. The molecule has 0 aliphatic heterocycles. The van der Waals surface area contributed by atoms with E-state index in [9.17, 15) is 13.2 Å². The number of nitrogens with one attached hydrogen (secondary N) is 1. The first kappa shape index (κ1) is 18.3. The Morgan fingerprint density at radius 1 is 1.17 bits per heavy atom. The number of benzene rings is 2. The van der Waals surface area contributed by atoms with Crippen molar-refractivity contribution in [2.24, 2.45) is 0 Å². The molecule has 1 amide bonds. The Bertz CT molecular complexity index is 823. The van der Waals surface area contributed by atoms with Crippen molar-refractivity contribution >= 4 is 33.0 Å². The van der Waals surface area contributed by atoms with Crippen LogP contribution in [-0.4, -0.2) is 40.7 Å². The van der Waals surface area contributed by atoms with Crippen molar-refractivity contribution in [2.75, 3.05) is 31.3 Å². The van der Waals surface area contributed by atoms with Crippen LogP contribution in [0.1, 0.15) is 10.4 Å². The third-order valence-electron chi connectivity index (χ3n) is 3.52. The van der Waals surface area contributed by atoms with Crippen LogP contribution >= 0.6 is 11.6 Å². The topological polar surface area (TPSA) is 66.5 Å². The minimum Gasteiger partial charge on any atom is -0.373 e. The lowest BCUT2D eigenvalue weighted by Gasteiger charge is -2.19. The smallest absolute Gasteiger partial charge is 0.251 e. The summed E-state index contributed by atoms with van der Waals surface area (Å²) in [6.45, 7) is 1.06. The first-order valence-electron chi connectivity index (χ1n) is 7.33. The molecule has 0 spiro atoms. The van der Waals surface area contributed by atoms with E-state index in [2.05, 4.69) is 5.32 Å². The number of amides is 1. The van der Waals surface area contributed by atoms with E-state index < -0.39 is 9.84 Å². The molecule has 24 heavy (non-hydrogen) atoms. The number of carbonyl (C=O) groups is 1. The third kappa shape index (κ3) is 4.72. The van der Waals surface area contributed by atoms with Crippen molar-refractivity contribution in [2.45, 2.75) is 4.90 Å². The van der Waals surface area contributed by atoms with Crippen molar-refractivity contribution in [1.82, 2.24) is 5.32 Å². The van der Waals surface area contributed by atoms with E-state index in [0.29, 0.717) is 13.1 Å². The van der Waals surface area contributed by atoms with Crippen LogP contribution in [0.25, 0.3) is 0 Å². The summed E-state index contributed by atoms with van der Waals surface area (Å²) in [5.74, 6) is -0.335. The number of likely N-dealkylation sites (N-methyl/N-ethyl adjacent to an activating group) is 1. The number of anilines is 1. The maximum atomic E-state index is 12.2. The summed E-state index contributed by atoms with van der Waals surface area (Å²) >= 11 is 5.88. The molecule has 0 bridgehead atoms. The summed E-state index contributed by atoms with van der Waals surface area (Å²) < 4.78 is 23.3. The number of para-hydroxylation sites is 1. The fourth-order valence-corrected chi connectivity index (χ4v) is 3.48. The van der Waals surface area contributed by atoms with E-state index in [1.165, 1.54) is 18.2 Å². The Labute approximate surface area is 147 Å². The summed E-state index contributed by atoms with van der Waals surface area (Å²) in [6, 6.07) is 14.0. The van der Waals surface area contributed by atoms with Crippen LogP contribution in [0.4, 0.5) is 5.69 Å². The van der Waals surface area contributed by atoms with Gasteiger partial charge in [-0.25, -0.2) is 8.42 Å². The first-order chi connectivity index (χ1) is 11.3. The molecule has 5 nitrogen and oxygen atoms in total. The van der Waals surface area contributed by atoms with Crippen LogP contribution in [-0.2, 0) is 9.84 Å². The molecule has 2 aromatic rings. The maximum absolute atomic E-state index is 12.2. The summed E-state index contributed by atoms with van der Waals surface area (Å²) in [4.78, 5) is 14.2. The average molecular weight is 367 g/mol. The summed E-state index contributed by atoms with van der Waals surface area (Å²) in [6.07, 6.45) is 1.06. The molecule has 0 aliphatic carbocycles. The number of nitrogens with zero attached hydrogens (tertiary/aromatic N) is 1. The van der Waals surface area contributed by atoms with Gasteiger partial charge in [0.1, 0.15) is 0 Å². The van der Waals surface area contributed by atoms with Crippen LogP contribution < -0.4 is 10.2 Å². The Balaban J connectivity index is 1.98. The molecular weight excluding hydrogens is 348 g/mol. The zero-order valence-electron chi connectivity index (χ0n) is 13.5. The highest BCUT2D eigenvalue weighted by Gasteiger charge is 2.15. The number of halogens is 1. The van der Waals surface area contributed by atoms with Gasteiger partial charge in [-0.05, 0) is 30.3 Å². The molecule has 2 aromatic carbocycles.